The lowest BCUT2D eigenvalue weighted by atomic mass is 10.1. The van der Waals surface area contributed by atoms with Gasteiger partial charge < -0.3 is 5.73 Å². The molecule has 3 aromatic rings. The van der Waals surface area contributed by atoms with E-state index in [1.54, 1.807) is 16.7 Å². The van der Waals surface area contributed by atoms with Gasteiger partial charge in [0.2, 0.25) is 5.95 Å². The number of hydrogen-bond donors (Lipinski definition) is 1. The summed E-state index contributed by atoms with van der Waals surface area (Å²) in [6.45, 7) is 1.86. The standard InChI is InChI=1S/C15H11FN4/c1-9-3-2-4-13(11(9)8-17)20-14-6-5-10(16)7-12(14)19-15(20)18/h2-7H,1H3,(H2,18,19). The summed E-state index contributed by atoms with van der Waals surface area (Å²) < 4.78 is 14.9. The van der Waals surface area contributed by atoms with E-state index in [9.17, 15) is 9.65 Å². The van der Waals surface area contributed by atoms with Crippen LogP contribution in [0.15, 0.2) is 36.4 Å². The summed E-state index contributed by atoms with van der Waals surface area (Å²) in [5.74, 6) is -0.139. The number of nitrogens with two attached hydrogens (primary N) is 1. The molecule has 0 aliphatic heterocycles. The minimum absolute atomic E-state index is 0.229. The van der Waals surface area contributed by atoms with Crippen molar-refractivity contribution in [2.45, 2.75) is 6.92 Å². The molecule has 5 heteroatoms. The first kappa shape index (κ1) is 12.2. The summed E-state index contributed by atoms with van der Waals surface area (Å²) in [4.78, 5) is 4.15. The molecule has 2 N–H and O–H groups in total. The number of rotatable bonds is 1. The van der Waals surface area contributed by atoms with E-state index in [4.69, 9.17) is 5.73 Å². The quantitative estimate of drug-likeness (QED) is 0.736. The van der Waals surface area contributed by atoms with Gasteiger partial charge in [-0.15, -0.1) is 0 Å². The van der Waals surface area contributed by atoms with Gasteiger partial charge in [0.25, 0.3) is 0 Å². The molecule has 0 atom stereocenters. The Morgan fingerprint density at radius 1 is 1.30 bits per heavy atom. The van der Waals surface area contributed by atoms with Crippen molar-refractivity contribution in [3.63, 3.8) is 0 Å². The highest BCUT2D eigenvalue weighted by Crippen LogP contribution is 2.26. The second kappa shape index (κ2) is 4.35. The first-order chi connectivity index (χ1) is 9.61. The minimum atomic E-state index is -0.369. The van der Waals surface area contributed by atoms with E-state index in [1.807, 2.05) is 19.1 Å². The first-order valence-corrected chi connectivity index (χ1v) is 6.05. The predicted molar refractivity (Wildman–Crippen MR) is 74.9 cm³/mol. The number of nitriles is 1. The molecule has 0 saturated heterocycles. The van der Waals surface area contributed by atoms with Crippen LogP contribution in [-0.4, -0.2) is 9.55 Å². The number of nitrogen functional groups attached to an aromatic ring is 1. The van der Waals surface area contributed by atoms with Crippen molar-refractivity contribution in [1.82, 2.24) is 9.55 Å². The van der Waals surface area contributed by atoms with E-state index in [2.05, 4.69) is 11.1 Å². The molecule has 4 nitrogen and oxygen atoms in total. The summed E-state index contributed by atoms with van der Waals surface area (Å²) in [7, 11) is 0. The van der Waals surface area contributed by atoms with Crippen molar-refractivity contribution in [1.29, 1.82) is 5.26 Å². The van der Waals surface area contributed by atoms with Gasteiger partial charge in [0, 0.05) is 6.07 Å². The molecule has 0 fully saturated rings. The molecule has 98 valence electrons. The van der Waals surface area contributed by atoms with E-state index in [-0.39, 0.29) is 11.8 Å². The second-order valence-corrected chi connectivity index (χ2v) is 4.52. The predicted octanol–water partition coefficient (Wildman–Crippen LogP) is 2.93. The van der Waals surface area contributed by atoms with Crippen LogP contribution < -0.4 is 5.73 Å². The highest BCUT2D eigenvalue weighted by Gasteiger charge is 2.14. The zero-order valence-corrected chi connectivity index (χ0v) is 10.8. The zero-order chi connectivity index (χ0) is 14.3. The van der Waals surface area contributed by atoms with E-state index >= 15 is 0 Å². The number of hydrogen-bond acceptors (Lipinski definition) is 3. The summed E-state index contributed by atoms with van der Waals surface area (Å²) in [5.41, 5.74) is 9.10. The van der Waals surface area contributed by atoms with Crippen LogP contribution in [0.2, 0.25) is 0 Å². The van der Waals surface area contributed by atoms with E-state index in [0.717, 1.165) is 5.56 Å². The number of imidazole rings is 1. The Balaban J connectivity index is 2.39. The normalized spacial score (nSPS) is 10.7. The topological polar surface area (TPSA) is 67.6 Å². The summed E-state index contributed by atoms with van der Waals surface area (Å²) in [6, 6.07) is 12.0. The van der Waals surface area contributed by atoms with Gasteiger partial charge in [0.15, 0.2) is 0 Å². The van der Waals surface area contributed by atoms with Crippen molar-refractivity contribution in [3.8, 4) is 11.8 Å². The summed E-state index contributed by atoms with van der Waals surface area (Å²) in [6.07, 6.45) is 0. The van der Waals surface area contributed by atoms with Crippen LogP contribution in [0.4, 0.5) is 10.3 Å². The van der Waals surface area contributed by atoms with Gasteiger partial charge in [-0.25, -0.2) is 9.37 Å². The van der Waals surface area contributed by atoms with Gasteiger partial charge in [0.1, 0.15) is 11.9 Å². The van der Waals surface area contributed by atoms with Gasteiger partial charge in [0.05, 0.1) is 22.3 Å². The second-order valence-electron chi connectivity index (χ2n) is 4.52. The van der Waals surface area contributed by atoms with E-state index < -0.39 is 0 Å². The maximum Gasteiger partial charge on any atom is 0.205 e. The van der Waals surface area contributed by atoms with Gasteiger partial charge in [-0.2, -0.15) is 5.26 Å². The average Bonchev–Trinajstić information content (AvgIpc) is 2.73. The number of fused-ring (bicyclic) bond motifs is 1. The van der Waals surface area contributed by atoms with Gasteiger partial charge in [-0.1, -0.05) is 12.1 Å². The maximum atomic E-state index is 13.2. The van der Waals surface area contributed by atoms with E-state index in [1.165, 1.54) is 12.1 Å². The van der Waals surface area contributed by atoms with Crippen molar-refractivity contribution < 1.29 is 4.39 Å². The lowest BCUT2D eigenvalue weighted by Gasteiger charge is -2.10. The van der Waals surface area contributed by atoms with Gasteiger partial charge >= 0.3 is 0 Å². The third-order valence-corrected chi connectivity index (χ3v) is 3.25. The fraction of sp³-hybridized carbons (Fsp3) is 0.0667. The maximum absolute atomic E-state index is 13.2. The average molecular weight is 266 g/mol. The van der Waals surface area contributed by atoms with Crippen molar-refractivity contribution >= 4 is 17.0 Å². The molecule has 3 rings (SSSR count). The number of nitrogens with zero attached hydrogens (tertiary/aromatic N) is 3. The number of halogens is 1. The van der Waals surface area contributed by atoms with Gasteiger partial charge in [-0.05, 0) is 30.7 Å². The minimum Gasteiger partial charge on any atom is -0.369 e. The summed E-state index contributed by atoms with van der Waals surface area (Å²) in [5, 5.41) is 9.32. The third kappa shape index (κ3) is 1.70. The molecule has 1 heterocycles. The van der Waals surface area contributed by atoms with Crippen molar-refractivity contribution in [2.24, 2.45) is 0 Å². The molecule has 0 unspecified atom stereocenters. The van der Waals surface area contributed by atoms with Crippen molar-refractivity contribution in [2.75, 3.05) is 5.73 Å². The molecule has 0 spiro atoms. The highest BCUT2D eigenvalue weighted by atomic mass is 19.1. The lowest BCUT2D eigenvalue weighted by molar-refractivity contribution is 0.629. The Morgan fingerprint density at radius 3 is 2.85 bits per heavy atom. The molecule has 0 saturated carbocycles. The molecular formula is C15H11FN4. The monoisotopic (exact) mass is 266 g/mol. The highest BCUT2D eigenvalue weighted by molar-refractivity contribution is 5.81. The van der Waals surface area contributed by atoms with Crippen molar-refractivity contribution in [3.05, 3.63) is 53.3 Å². The molecule has 0 bridgehead atoms. The Bertz CT molecular complexity index is 858. The van der Waals surface area contributed by atoms with Gasteiger partial charge in [-0.3, -0.25) is 4.57 Å². The van der Waals surface area contributed by atoms with Crippen LogP contribution in [0, 0.1) is 24.1 Å². The molecule has 0 aliphatic rings. The number of aryl methyl sites for hydroxylation is 1. The molecule has 2 aromatic carbocycles. The molecule has 0 radical (unpaired) electrons. The lowest BCUT2D eigenvalue weighted by Crippen LogP contribution is -2.03. The zero-order valence-electron chi connectivity index (χ0n) is 10.8. The molecule has 1 aromatic heterocycles. The Morgan fingerprint density at radius 2 is 2.10 bits per heavy atom. The van der Waals surface area contributed by atoms with Crippen LogP contribution in [0.25, 0.3) is 16.7 Å². The molecular weight excluding hydrogens is 255 g/mol. The third-order valence-electron chi connectivity index (χ3n) is 3.25. The molecule has 20 heavy (non-hydrogen) atoms. The number of aromatic nitrogens is 2. The van der Waals surface area contributed by atoms with Crippen LogP contribution in [-0.2, 0) is 0 Å². The fourth-order valence-electron chi connectivity index (χ4n) is 2.31. The number of anilines is 1. The Hall–Kier alpha value is -2.87. The summed E-state index contributed by atoms with van der Waals surface area (Å²) >= 11 is 0. The Labute approximate surface area is 114 Å². The largest absolute Gasteiger partial charge is 0.369 e. The fourth-order valence-corrected chi connectivity index (χ4v) is 2.31. The molecule has 0 aliphatic carbocycles. The van der Waals surface area contributed by atoms with Crippen LogP contribution in [0.1, 0.15) is 11.1 Å². The SMILES string of the molecule is Cc1cccc(-n2c(N)nc3cc(F)ccc32)c1C#N. The smallest absolute Gasteiger partial charge is 0.205 e. The van der Waals surface area contributed by atoms with Crippen LogP contribution in [0.5, 0.6) is 0 Å². The van der Waals surface area contributed by atoms with Crippen LogP contribution in [0.3, 0.4) is 0 Å². The number of benzene rings is 2. The first-order valence-electron chi connectivity index (χ1n) is 6.05. The molecule has 0 amide bonds. The van der Waals surface area contributed by atoms with Crippen LogP contribution >= 0.6 is 0 Å². The Kier molecular flexibility index (Phi) is 2.65. The van der Waals surface area contributed by atoms with E-state index in [0.29, 0.717) is 22.3 Å².